The Morgan fingerprint density at radius 1 is 1.07 bits per heavy atom. The van der Waals surface area contributed by atoms with Gasteiger partial charge in [0.25, 0.3) is 5.91 Å². The van der Waals surface area contributed by atoms with Crippen molar-refractivity contribution in [2.24, 2.45) is 0 Å². The van der Waals surface area contributed by atoms with Gasteiger partial charge in [-0.2, -0.15) is 0 Å². The lowest BCUT2D eigenvalue weighted by molar-refractivity contribution is 0.101. The van der Waals surface area contributed by atoms with Crippen molar-refractivity contribution in [1.82, 2.24) is 4.98 Å². The number of pyridine rings is 1. The van der Waals surface area contributed by atoms with E-state index in [2.05, 4.69) is 10.3 Å². The molecule has 1 amide bonds. The molecule has 1 N–H and O–H groups in total. The second kappa shape index (κ2) is 9.47. The minimum absolute atomic E-state index is 0.119. The van der Waals surface area contributed by atoms with Gasteiger partial charge in [0, 0.05) is 35.5 Å². The van der Waals surface area contributed by atoms with Crippen molar-refractivity contribution in [3.05, 3.63) is 82.3 Å². The molecule has 0 bridgehead atoms. The molecule has 154 valence electrons. The van der Waals surface area contributed by atoms with Gasteiger partial charge < -0.3 is 14.8 Å². The van der Waals surface area contributed by atoms with E-state index in [-0.39, 0.29) is 23.2 Å². The Morgan fingerprint density at radius 2 is 1.83 bits per heavy atom. The lowest BCUT2D eigenvalue weighted by Gasteiger charge is -2.12. The summed E-state index contributed by atoms with van der Waals surface area (Å²) in [5.74, 6) is -0.283. The van der Waals surface area contributed by atoms with Crippen LogP contribution in [0.3, 0.4) is 0 Å². The van der Waals surface area contributed by atoms with E-state index >= 15 is 0 Å². The highest BCUT2D eigenvalue weighted by Crippen LogP contribution is 2.28. The van der Waals surface area contributed by atoms with E-state index in [1.807, 2.05) is 0 Å². The molecule has 3 rings (SSSR count). The first-order valence-electron chi connectivity index (χ1n) is 8.89. The Balaban J connectivity index is 1.85. The highest BCUT2D eigenvalue weighted by molar-refractivity contribution is 6.30. The third-order valence-corrected chi connectivity index (χ3v) is 4.24. The number of ketones is 1. The quantitative estimate of drug-likeness (QED) is 0.519. The number of rotatable bonds is 7. The zero-order valence-corrected chi connectivity index (χ0v) is 17.0. The summed E-state index contributed by atoms with van der Waals surface area (Å²) in [6.07, 6.45) is 1.39. The summed E-state index contributed by atoms with van der Waals surface area (Å²) < 4.78 is 24.4. The molecular formula is C22H18ClFN2O4. The lowest BCUT2D eigenvalue weighted by atomic mass is 10.1. The number of Topliss-reactive ketones (excluding diaryl/α,β-unsaturated/α-hetero) is 1. The van der Waals surface area contributed by atoms with E-state index in [0.29, 0.717) is 28.3 Å². The minimum atomic E-state index is -0.538. The molecule has 0 saturated carbocycles. The van der Waals surface area contributed by atoms with Crippen LogP contribution in [0.4, 0.5) is 10.2 Å². The van der Waals surface area contributed by atoms with Crippen LogP contribution in [0.2, 0.25) is 5.02 Å². The average Bonchev–Trinajstić information content (AvgIpc) is 2.67. The van der Waals surface area contributed by atoms with E-state index < -0.39 is 11.7 Å². The number of aromatic nitrogens is 1. The number of halogens is 2. The zero-order chi connectivity index (χ0) is 21.7. The van der Waals surface area contributed by atoms with Gasteiger partial charge in [-0.3, -0.25) is 9.59 Å². The largest absolute Gasteiger partial charge is 0.457 e. The molecule has 0 saturated heterocycles. The van der Waals surface area contributed by atoms with Crippen LogP contribution >= 0.6 is 11.6 Å². The number of hydrogen-bond acceptors (Lipinski definition) is 5. The number of carbonyl (C=O) groups is 2. The van der Waals surface area contributed by atoms with E-state index in [4.69, 9.17) is 21.1 Å². The van der Waals surface area contributed by atoms with Crippen molar-refractivity contribution in [1.29, 1.82) is 0 Å². The Kier molecular flexibility index (Phi) is 6.76. The fraction of sp³-hybridized carbons (Fsp3) is 0.136. The molecule has 0 aliphatic rings. The first kappa shape index (κ1) is 21.4. The number of nitrogens with one attached hydrogen (secondary N) is 1. The number of hydrogen-bond donors (Lipinski definition) is 1. The first-order valence-corrected chi connectivity index (χ1v) is 9.27. The van der Waals surface area contributed by atoms with Crippen LogP contribution < -0.4 is 10.1 Å². The number of benzene rings is 2. The predicted octanol–water partition coefficient (Wildman–Crippen LogP) is 5.27. The third-order valence-electron chi connectivity index (χ3n) is 4.02. The Bertz CT molecular complexity index is 1070. The van der Waals surface area contributed by atoms with Crippen LogP contribution in [0.5, 0.6) is 11.5 Å². The van der Waals surface area contributed by atoms with E-state index in [0.717, 1.165) is 0 Å². The van der Waals surface area contributed by atoms with Crippen molar-refractivity contribution >= 4 is 29.1 Å². The summed E-state index contributed by atoms with van der Waals surface area (Å²) in [6, 6.07) is 11.8. The molecule has 0 spiro atoms. The van der Waals surface area contributed by atoms with Crippen LogP contribution in [-0.4, -0.2) is 23.8 Å². The normalized spacial score (nSPS) is 10.5. The summed E-state index contributed by atoms with van der Waals surface area (Å²) in [5.41, 5.74) is 1.42. The molecular weight excluding hydrogens is 411 g/mol. The number of anilines is 1. The molecule has 30 heavy (non-hydrogen) atoms. The summed E-state index contributed by atoms with van der Waals surface area (Å²) >= 11 is 5.87. The van der Waals surface area contributed by atoms with Gasteiger partial charge in [-0.15, -0.1) is 0 Å². The van der Waals surface area contributed by atoms with Crippen molar-refractivity contribution in [3.8, 4) is 11.5 Å². The van der Waals surface area contributed by atoms with Crippen molar-refractivity contribution < 1.29 is 23.5 Å². The maximum atomic E-state index is 13.6. The molecule has 0 aliphatic carbocycles. The third kappa shape index (κ3) is 5.62. The zero-order valence-electron chi connectivity index (χ0n) is 16.2. The van der Waals surface area contributed by atoms with Crippen molar-refractivity contribution in [2.75, 3.05) is 12.4 Å². The standard InChI is InChI=1S/C22H18ClFN2O4/c1-13(27)15-3-4-21(25-11-15)26-22(28)16-5-14(12-29-2)6-19(7-16)30-20-9-17(23)8-18(24)10-20/h3-11H,12H2,1-2H3,(H,25,26,28). The molecule has 0 fully saturated rings. The predicted molar refractivity (Wildman–Crippen MR) is 111 cm³/mol. The number of methoxy groups -OCH3 is 1. The van der Waals surface area contributed by atoms with Crippen molar-refractivity contribution in [2.45, 2.75) is 13.5 Å². The SMILES string of the molecule is COCc1cc(Oc2cc(F)cc(Cl)c2)cc(C(=O)Nc2ccc(C(C)=O)cn2)c1. The molecule has 0 unspecified atom stereocenters. The lowest BCUT2D eigenvalue weighted by Crippen LogP contribution is -2.13. The van der Waals surface area contributed by atoms with Gasteiger partial charge in [-0.05, 0) is 55.0 Å². The fourth-order valence-corrected chi connectivity index (χ4v) is 2.90. The van der Waals surface area contributed by atoms with Gasteiger partial charge in [-0.25, -0.2) is 9.37 Å². The molecule has 3 aromatic rings. The molecule has 0 aliphatic heterocycles. The van der Waals surface area contributed by atoms with Gasteiger partial charge in [0.15, 0.2) is 5.78 Å². The highest BCUT2D eigenvalue weighted by Gasteiger charge is 2.12. The van der Waals surface area contributed by atoms with E-state index in [1.165, 1.54) is 44.5 Å². The Morgan fingerprint density at radius 3 is 2.47 bits per heavy atom. The van der Waals surface area contributed by atoms with E-state index in [1.54, 1.807) is 24.3 Å². The molecule has 8 heteroatoms. The molecule has 6 nitrogen and oxygen atoms in total. The summed E-state index contributed by atoms with van der Waals surface area (Å²) in [7, 11) is 1.53. The second-order valence-electron chi connectivity index (χ2n) is 6.45. The number of carbonyl (C=O) groups excluding carboxylic acids is 2. The monoisotopic (exact) mass is 428 g/mol. The molecule has 0 atom stereocenters. The molecule has 2 aromatic carbocycles. The summed E-state index contributed by atoms with van der Waals surface area (Å²) in [6.45, 7) is 1.68. The maximum absolute atomic E-state index is 13.6. The van der Waals surface area contributed by atoms with Gasteiger partial charge in [0.1, 0.15) is 23.1 Å². The number of ether oxygens (including phenoxy) is 2. The number of nitrogens with zero attached hydrogens (tertiary/aromatic N) is 1. The van der Waals surface area contributed by atoms with Crippen LogP contribution in [0, 0.1) is 5.82 Å². The topological polar surface area (TPSA) is 77.5 Å². The smallest absolute Gasteiger partial charge is 0.256 e. The van der Waals surface area contributed by atoms with Crippen LogP contribution in [0.1, 0.15) is 33.2 Å². The van der Waals surface area contributed by atoms with Crippen LogP contribution in [0.25, 0.3) is 0 Å². The second-order valence-corrected chi connectivity index (χ2v) is 6.88. The summed E-state index contributed by atoms with van der Waals surface area (Å²) in [4.78, 5) is 28.1. The maximum Gasteiger partial charge on any atom is 0.256 e. The van der Waals surface area contributed by atoms with E-state index in [9.17, 15) is 14.0 Å². The van der Waals surface area contributed by atoms with Gasteiger partial charge in [0.2, 0.25) is 0 Å². The van der Waals surface area contributed by atoms with Gasteiger partial charge in [0.05, 0.1) is 6.61 Å². The first-order chi connectivity index (χ1) is 14.3. The Labute approximate surface area is 177 Å². The van der Waals surface area contributed by atoms with Gasteiger partial charge in [-0.1, -0.05) is 11.6 Å². The average molecular weight is 429 g/mol. The fourth-order valence-electron chi connectivity index (χ4n) is 2.69. The van der Waals surface area contributed by atoms with Crippen LogP contribution in [-0.2, 0) is 11.3 Å². The molecule has 1 heterocycles. The Hall–Kier alpha value is -3.29. The molecule has 0 radical (unpaired) electrons. The van der Waals surface area contributed by atoms with Crippen LogP contribution in [0.15, 0.2) is 54.7 Å². The van der Waals surface area contributed by atoms with Gasteiger partial charge >= 0.3 is 0 Å². The number of amides is 1. The molecule has 1 aromatic heterocycles. The highest BCUT2D eigenvalue weighted by atomic mass is 35.5. The minimum Gasteiger partial charge on any atom is -0.457 e. The van der Waals surface area contributed by atoms with Crippen molar-refractivity contribution in [3.63, 3.8) is 0 Å². The summed E-state index contributed by atoms with van der Waals surface area (Å²) in [5, 5.41) is 2.85.